The van der Waals surface area contributed by atoms with Crippen LogP contribution in [0.5, 0.6) is 0 Å². The van der Waals surface area contributed by atoms with E-state index in [2.05, 4.69) is 10.1 Å². The molecule has 0 saturated carbocycles. The number of fused-ring (bicyclic) bond motifs is 1. The normalized spacial score (nSPS) is 12.8. The summed E-state index contributed by atoms with van der Waals surface area (Å²) in [6, 6.07) is 8.16. The molecule has 2 heterocycles. The number of imidazole rings is 1. The van der Waals surface area contributed by atoms with Crippen LogP contribution in [0.15, 0.2) is 42.7 Å². The lowest BCUT2D eigenvalue weighted by Crippen LogP contribution is -2.12. The number of hydrogen-bond acceptors (Lipinski definition) is 3. The molecule has 3 rings (SSSR count). The molecule has 0 aliphatic rings. The lowest BCUT2D eigenvalue weighted by molar-refractivity contribution is 0.628. The van der Waals surface area contributed by atoms with Crippen LogP contribution < -0.4 is 5.73 Å². The predicted molar refractivity (Wildman–Crippen MR) is 75.6 cm³/mol. The molecule has 0 bridgehead atoms. The van der Waals surface area contributed by atoms with Gasteiger partial charge in [-0.05, 0) is 24.6 Å². The van der Waals surface area contributed by atoms with Crippen molar-refractivity contribution in [1.29, 1.82) is 0 Å². The van der Waals surface area contributed by atoms with E-state index in [0.717, 1.165) is 23.2 Å². The molecular weight excluding hydrogens is 255 g/mol. The Morgan fingerprint density at radius 1 is 1.35 bits per heavy atom. The first-order valence-corrected chi connectivity index (χ1v) is 6.55. The molecule has 0 saturated heterocycles. The predicted octanol–water partition coefficient (Wildman–Crippen LogP) is 2.95. The van der Waals surface area contributed by atoms with Gasteiger partial charge >= 0.3 is 0 Å². The fourth-order valence-electron chi connectivity index (χ4n) is 2.23. The standard InChI is InChI=1S/C15H15FN4/c1-2-13(17)12-9-14-18-6-7-20(14)19-15(12)10-4-3-5-11(16)8-10/h3-9,13H,2,17H2,1H3/t13-/m1/s1. The van der Waals surface area contributed by atoms with E-state index in [4.69, 9.17) is 5.73 Å². The quantitative estimate of drug-likeness (QED) is 0.796. The van der Waals surface area contributed by atoms with E-state index in [1.807, 2.05) is 19.1 Å². The minimum atomic E-state index is -0.286. The van der Waals surface area contributed by atoms with Gasteiger partial charge in [0.15, 0.2) is 5.65 Å². The molecule has 2 aromatic heterocycles. The average Bonchev–Trinajstić information content (AvgIpc) is 2.92. The Morgan fingerprint density at radius 3 is 2.95 bits per heavy atom. The Balaban J connectivity index is 2.25. The summed E-state index contributed by atoms with van der Waals surface area (Å²) in [6.45, 7) is 2.01. The summed E-state index contributed by atoms with van der Waals surface area (Å²) in [5, 5.41) is 4.52. The highest BCUT2D eigenvalue weighted by atomic mass is 19.1. The zero-order valence-corrected chi connectivity index (χ0v) is 11.1. The number of benzene rings is 1. The average molecular weight is 270 g/mol. The van der Waals surface area contributed by atoms with Crippen LogP contribution in [-0.2, 0) is 0 Å². The van der Waals surface area contributed by atoms with Crippen LogP contribution in [0, 0.1) is 5.82 Å². The van der Waals surface area contributed by atoms with Crippen LogP contribution in [0.1, 0.15) is 24.9 Å². The Hall–Kier alpha value is -2.27. The van der Waals surface area contributed by atoms with Crippen molar-refractivity contribution in [3.8, 4) is 11.3 Å². The SMILES string of the molecule is CC[C@@H](N)c1cc2nccn2nc1-c1cccc(F)c1. The summed E-state index contributed by atoms with van der Waals surface area (Å²) in [5.41, 5.74) is 9.21. The van der Waals surface area contributed by atoms with Crippen molar-refractivity contribution in [2.45, 2.75) is 19.4 Å². The Bertz CT molecular complexity index is 750. The molecule has 0 aliphatic carbocycles. The molecule has 102 valence electrons. The monoisotopic (exact) mass is 270 g/mol. The third-order valence-electron chi connectivity index (χ3n) is 3.35. The molecule has 1 atom stereocenters. The van der Waals surface area contributed by atoms with Gasteiger partial charge in [-0.2, -0.15) is 5.10 Å². The third kappa shape index (κ3) is 2.16. The van der Waals surface area contributed by atoms with Crippen molar-refractivity contribution in [3.05, 3.63) is 54.1 Å². The Morgan fingerprint density at radius 2 is 2.20 bits per heavy atom. The number of nitrogens with zero attached hydrogens (tertiary/aromatic N) is 3. The first-order valence-electron chi connectivity index (χ1n) is 6.55. The number of halogens is 1. The van der Waals surface area contributed by atoms with Crippen LogP contribution in [0.2, 0.25) is 0 Å². The van der Waals surface area contributed by atoms with Gasteiger partial charge in [-0.3, -0.25) is 0 Å². The van der Waals surface area contributed by atoms with E-state index in [0.29, 0.717) is 5.69 Å². The summed E-state index contributed by atoms with van der Waals surface area (Å²) >= 11 is 0. The van der Waals surface area contributed by atoms with Crippen LogP contribution in [-0.4, -0.2) is 14.6 Å². The van der Waals surface area contributed by atoms with Crippen molar-refractivity contribution >= 4 is 5.65 Å². The molecule has 0 radical (unpaired) electrons. The molecular formula is C15H15FN4. The van der Waals surface area contributed by atoms with Gasteiger partial charge in [0, 0.05) is 29.6 Å². The van der Waals surface area contributed by atoms with Gasteiger partial charge in [-0.25, -0.2) is 13.9 Å². The molecule has 0 aliphatic heterocycles. The second-order valence-corrected chi connectivity index (χ2v) is 4.70. The number of aromatic nitrogens is 3. The second kappa shape index (κ2) is 5.02. The number of nitrogens with two attached hydrogens (primary N) is 1. The van der Waals surface area contributed by atoms with Crippen molar-refractivity contribution < 1.29 is 4.39 Å². The highest BCUT2D eigenvalue weighted by Crippen LogP contribution is 2.28. The summed E-state index contributed by atoms with van der Waals surface area (Å²) in [5.74, 6) is -0.286. The maximum Gasteiger partial charge on any atom is 0.153 e. The number of rotatable bonds is 3. The highest BCUT2D eigenvalue weighted by molar-refractivity contribution is 5.65. The van der Waals surface area contributed by atoms with E-state index in [1.165, 1.54) is 12.1 Å². The van der Waals surface area contributed by atoms with Gasteiger partial charge in [0.05, 0.1) is 5.69 Å². The number of hydrogen-bond donors (Lipinski definition) is 1. The molecule has 0 amide bonds. The van der Waals surface area contributed by atoms with Gasteiger partial charge < -0.3 is 5.73 Å². The lowest BCUT2D eigenvalue weighted by Gasteiger charge is -2.14. The summed E-state index contributed by atoms with van der Waals surface area (Å²) < 4.78 is 15.1. The smallest absolute Gasteiger partial charge is 0.153 e. The first-order chi connectivity index (χ1) is 9.69. The molecule has 2 N–H and O–H groups in total. The Labute approximate surface area is 116 Å². The summed E-state index contributed by atoms with van der Waals surface area (Å²) in [7, 11) is 0. The maximum absolute atomic E-state index is 13.4. The van der Waals surface area contributed by atoms with Crippen LogP contribution in [0.25, 0.3) is 16.9 Å². The summed E-state index contributed by atoms with van der Waals surface area (Å²) in [4.78, 5) is 4.22. The molecule has 20 heavy (non-hydrogen) atoms. The summed E-state index contributed by atoms with van der Waals surface area (Å²) in [6.07, 6.45) is 4.22. The topological polar surface area (TPSA) is 56.2 Å². The molecule has 3 aromatic rings. The van der Waals surface area contributed by atoms with E-state index >= 15 is 0 Å². The zero-order valence-electron chi connectivity index (χ0n) is 11.1. The molecule has 1 aromatic carbocycles. The fourth-order valence-corrected chi connectivity index (χ4v) is 2.23. The minimum absolute atomic E-state index is 0.150. The van der Waals surface area contributed by atoms with Gasteiger partial charge in [0.1, 0.15) is 5.82 Å². The van der Waals surface area contributed by atoms with Crippen molar-refractivity contribution in [3.63, 3.8) is 0 Å². The molecule has 5 heteroatoms. The van der Waals surface area contributed by atoms with Crippen LogP contribution in [0.4, 0.5) is 4.39 Å². The highest BCUT2D eigenvalue weighted by Gasteiger charge is 2.15. The van der Waals surface area contributed by atoms with Crippen LogP contribution in [0.3, 0.4) is 0 Å². The van der Waals surface area contributed by atoms with E-state index in [1.54, 1.807) is 23.0 Å². The van der Waals surface area contributed by atoms with Gasteiger partial charge in [-0.1, -0.05) is 19.1 Å². The molecule has 4 nitrogen and oxygen atoms in total. The third-order valence-corrected chi connectivity index (χ3v) is 3.35. The Kier molecular flexibility index (Phi) is 3.20. The molecule has 0 unspecified atom stereocenters. The zero-order chi connectivity index (χ0) is 14.1. The van der Waals surface area contributed by atoms with E-state index < -0.39 is 0 Å². The van der Waals surface area contributed by atoms with E-state index in [-0.39, 0.29) is 11.9 Å². The van der Waals surface area contributed by atoms with E-state index in [9.17, 15) is 4.39 Å². The first kappa shape index (κ1) is 12.7. The van der Waals surface area contributed by atoms with Gasteiger partial charge in [0.2, 0.25) is 0 Å². The van der Waals surface area contributed by atoms with Crippen LogP contribution >= 0.6 is 0 Å². The lowest BCUT2D eigenvalue weighted by atomic mass is 9.99. The van der Waals surface area contributed by atoms with Crippen molar-refractivity contribution in [1.82, 2.24) is 14.6 Å². The minimum Gasteiger partial charge on any atom is -0.324 e. The second-order valence-electron chi connectivity index (χ2n) is 4.70. The van der Waals surface area contributed by atoms with Gasteiger partial charge in [-0.15, -0.1) is 0 Å². The maximum atomic E-state index is 13.4. The fraction of sp³-hybridized carbons (Fsp3) is 0.200. The van der Waals surface area contributed by atoms with Crippen molar-refractivity contribution in [2.75, 3.05) is 0 Å². The molecule has 0 fully saturated rings. The molecule has 0 spiro atoms. The van der Waals surface area contributed by atoms with Gasteiger partial charge in [0.25, 0.3) is 0 Å². The largest absolute Gasteiger partial charge is 0.324 e. The van der Waals surface area contributed by atoms with Crippen molar-refractivity contribution in [2.24, 2.45) is 5.73 Å².